The van der Waals surface area contributed by atoms with E-state index in [1.165, 1.54) is 6.33 Å². The minimum Gasteiger partial charge on any atom is -0.295 e. The number of hydrogen-bond donors (Lipinski definition) is 2. The third-order valence-corrected chi connectivity index (χ3v) is 3.56. The van der Waals surface area contributed by atoms with Gasteiger partial charge >= 0.3 is 0 Å². The lowest BCUT2D eigenvalue weighted by atomic mass is 10.1. The molecule has 2 rings (SSSR count). The summed E-state index contributed by atoms with van der Waals surface area (Å²) in [6.45, 7) is 3.88. The van der Waals surface area contributed by atoms with Crippen LogP contribution in [0.25, 0.3) is 0 Å². The maximum absolute atomic E-state index is 12.0. The molecule has 1 amide bonds. The molecular weight excluding hydrogens is 264 g/mol. The zero-order valence-corrected chi connectivity index (χ0v) is 11.5. The van der Waals surface area contributed by atoms with E-state index in [1.54, 1.807) is 11.3 Å². The number of thiophene rings is 1. The molecule has 2 heterocycles. The smallest absolute Gasteiger partial charge is 0.227 e. The van der Waals surface area contributed by atoms with Gasteiger partial charge < -0.3 is 0 Å². The van der Waals surface area contributed by atoms with Gasteiger partial charge in [0.2, 0.25) is 11.9 Å². The number of aromatic nitrogens is 3. The Kier molecular flexibility index (Phi) is 4.06. The van der Waals surface area contributed by atoms with Crippen LogP contribution in [0.3, 0.4) is 0 Å². The van der Waals surface area contributed by atoms with E-state index in [-0.39, 0.29) is 24.5 Å². The van der Waals surface area contributed by atoms with Crippen molar-refractivity contribution in [3.8, 4) is 0 Å². The van der Waals surface area contributed by atoms with Crippen LogP contribution < -0.4 is 5.32 Å². The van der Waals surface area contributed by atoms with Crippen LogP contribution in [-0.4, -0.2) is 26.9 Å². The van der Waals surface area contributed by atoms with Gasteiger partial charge in [0, 0.05) is 28.2 Å². The lowest BCUT2D eigenvalue weighted by Gasteiger charge is -2.01. The molecule has 0 fully saturated rings. The molecule has 7 heteroatoms. The first-order chi connectivity index (χ1) is 9.06. The predicted molar refractivity (Wildman–Crippen MR) is 72.4 cm³/mol. The van der Waals surface area contributed by atoms with Crippen molar-refractivity contribution in [2.75, 3.05) is 5.32 Å². The Labute approximate surface area is 114 Å². The van der Waals surface area contributed by atoms with E-state index in [0.717, 1.165) is 15.3 Å². The van der Waals surface area contributed by atoms with E-state index in [4.69, 9.17) is 0 Å². The van der Waals surface area contributed by atoms with Crippen LogP contribution in [0.4, 0.5) is 5.95 Å². The van der Waals surface area contributed by atoms with Crippen molar-refractivity contribution >= 4 is 29.0 Å². The molecule has 0 bridgehead atoms. The first-order valence-electron chi connectivity index (χ1n) is 5.81. The van der Waals surface area contributed by atoms with Crippen molar-refractivity contribution < 1.29 is 9.59 Å². The number of H-pyrrole nitrogens is 1. The number of nitrogens with zero attached hydrogens (tertiary/aromatic N) is 2. The number of aryl methyl sites for hydroxylation is 2. The molecule has 0 radical (unpaired) electrons. The fourth-order valence-corrected chi connectivity index (χ4v) is 2.67. The topological polar surface area (TPSA) is 87.7 Å². The highest BCUT2D eigenvalue weighted by Crippen LogP contribution is 2.22. The molecule has 100 valence electrons. The maximum Gasteiger partial charge on any atom is 0.227 e. The first-order valence-corrected chi connectivity index (χ1v) is 6.63. The fraction of sp³-hybridized carbons (Fsp3) is 0.333. The van der Waals surface area contributed by atoms with Gasteiger partial charge in [-0.1, -0.05) is 0 Å². The summed E-state index contributed by atoms with van der Waals surface area (Å²) in [4.78, 5) is 29.4. The maximum atomic E-state index is 12.0. The molecule has 0 aliphatic carbocycles. The van der Waals surface area contributed by atoms with E-state index < -0.39 is 0 Å². The average molecular weight is 278 g/mol. The van der Waals surface area contributed by atoms with Crippen molar-refractivity contribution in [3.05, 3.63) is 27.7 Å². The van der Waals surface area contributed by atoms with Crippen LogP contribution in [0.5, 0.6) is 0 Å². The second kappa shape index (κ2) is 5.75. The fourth-order valence-electron chi connectivity index (χ4n) is 1.73. The van der Waals surface area contributed by atoms with Crippen molar-refractivity contribution in [3.63, 3.8) is 0 Å². The summed E-state index contributed by atoms with van der Waals surface area (Å²) in [7, 11) is 0. The van der Waals surface area contributed by atoms with Gasteiger partial charge in [0.05, 0.1) is 0 Å². The van der Waals surface area contributed by atoms with Crippen LogP contribution in [0.1, 0.15) is 33.0 Å². The molecule has 19 heavy (non-hydrogen) atoms. The van der Waals surface area contributed by atoms with Crippen LogP contribution in [-0.2, 0) is 4.79 Å². The number of hydrogen-bond acceptors (Lipinski definition) is 5. The quantitative estimate of drug-likeness (QED) is 0.820. The molecular formula is C12H14N4O2S. The van der Waals surface area contributed by atoms with Gasteiger partial charge in [-0.15, -0.1) is 11.3 Å². The Balaban J connectivity index is 1.87. The zero-order valence-electron chi connectivity index (χ0n) is 10.7. The van der Waals surface area contributed by atoms with Crippen LogP contribution >= 0.6 is 11.3 Å². The predicted octanol–water partition coefficient (Wildman–Crippen LogP) is 2.08. The third-order valence-electron chi connectivity index (χ3n) is 2.59. The van der Waals surface area contributed by atoms with Crippen molar-refractivity contribution in [2.45, 2.75) is 26.7 Å². The summed E-state index contributed by atoms with van der Waals surface area (Å²) in [6, 6.07) is 1.87. The Morgan fingerprint density at radius 1 is 1.37 bits per heavy atom. The number of carbonyl (C=O) groups excluding carboxylic acids is 2. The average Bonchev–Trinajstić information content (AvgIpc) is 2.96. The molecule has 6 nitrogen and oxygen atoms in total. The molecule has 0 saturated heterocycles. The van der Waals surface area contributed by atoms with Gasteiger partial charge in [0.1, 0.15) is 6.33 Å². The number of anilines is 1. The van der Waals surface area contributed by atoms with E-state index in [1.807, 2.05) is 19.9 Å². The lowest BCUT2D eigenvalue weighted by molar-refractivity contribution is -0.116. The number of ketones is 1. The Hall–Kier alpha value is -2.02. The molecule has 0 atom stereocenters. The van der Waals surface area contributed by atoms with Crippen LogP contribution in [0.15, 0.2) is 12.4 Å². The van der Waals surface area contributed by atoms with Crippen LogP contribution in [0.2, 0.25) is 0 Å². The van der Waals surface area contributed by atoms with E-state index in [0.29, 0.717) is 5.95 Å². The van der Waals surface area contributed by atoms with Gasteiger partial charge in [-0.3, -0.25) is 14.9 Å². The number of carbonyl (C=O) groups is 2. The van der Waals surface area contributed by atoms with Gasteiger partial charge in [-0.2, -0.15) is 10.1 Å². The molecule has 0 aromatic carbocycles. The Morgan fingerprint density at radius 2 is 2.16 bits per heavy atom. The number of aromatic amines is 1. The molecule has 2 N–H and O–H groups in total. The molecule has 2 aromatic heterocycles. The summed E-state index contributed by atoms with van der Waals surface area (Å²) >= 11 is 1.59. The summed E-state index contributed by atoms with van der Waals surface area (Å²) in [5.41, 5.74) is 0.718. The van der Waals surface area contributed by atoms with Crippen molar-refractivity contribution in [2.24, 2.45) is 0 Å². The highest BCUT2D eigenvalue weighted by atomic mass is 32.1. The number of nitrogens with one attached hydrogen (secondary N) is 2. The zero-order chi connectivity index (χ0) is 13.8. The van der Waals surface area contributed by atoms with E-state index in [2.05, 4.69) is 20.5 Å². The highest BCUT2D eigenvalue weighted by Gasteiger charge is 2.14. The van der Waals surface area contributed by atoms with Crippen molar-refractivity contribution in [1.82, 2.24) is 15.2 Å². The van der Waals surface area contributed by atoms with Gasteiger partial charge in [0.25, 0.3) is 0 Å². The summed E-state index contributed by atoms with van der Waals surface area (Å²) in [5, 5.41) is 8.67. The van der Waals surface area contributed by atoms with Crippen molar-refractivity contribution in [1.29, 1.82) is 0 Å². The second-order valence-electron chi connectivity index (χ2n) is 4.13. The minimum absolute atomic E-state index is 0.00503. The molecule has 0 aliphatic heterocycles. The summed E-state index contributed by atoms with van der Waals surface area (Å²) < 4.78 is 0. The summed E-state index contributed by atoms with van der Waals surface area (Å²) in [6.07, 6.45) is 1.63. The Morgan fingerprint density at radius 3 is 2.74 bits per heavy atom. The van der Waals surface area contributed by atoms with E-state index in [9.17, 15) is 9.59 Å². The monoisotopic (exact) mass is 278 g/mol. The lowest BCUT2D eigenvalue weighted by Crippen LogP contribution is -2.14. The van der Waals surface area contributed by atoms with Gasteiger partial charge in [-0.25, -0.2) is 5.10 Å². The standard InChI is InChI=1S/C12H14N4O2S/c1-7-5-9(8(2)19-7)10(17)3-4-11(18)15-12-13-6-14-16-12/h5-6H,3-4H2,1-2H3,(H2,13,14,15,16,18). The Bertz CT molecular complexity index is 589. The first kappa shape index (κ1) is 13.4. The number of Topliss-reactive ketones (excluding diaryl/α,β-unsaturated/α-hetero) is 1. The summed E-state index contributed by atoms with van der Waals surface area (Å²) in [5.74, 6) is 0.0317. The molecule has 0 spiro atoms. The number of amides is 1. The number of rotatable bonds is 5. The SMILES string of the molecule is Cc1cc(C(=O)CCC(=O)Nc2ncn[nH]2)c(C)s1. The minimum atomic E-state index is -0.255. The molecule has 2 aromatic rings. The second-order valence-corrected chi connectivity index (χ2v) is 5.59. The highest BCUT2D eigenvalue weighted by molar-refractivity contribution is 7.12. The normalized spacial score (nSPS) is 10.4. The molecule has 0 saturated carbocycles. The molecule has 0 unspecified atom stereocenters. The van der Waals surface area contributed by atoms with Crippen LogP contribution in [0, 0.1) is 13.8 Å². The largest absolute Gasteiger partial charge is 0.295 e. The van der Waals surface area contributed by atoms with Gasteiger partial charge in [0.15, 0.2) is 5.78 Å². The van der Waals surface area contributed by atoms with Gasteiger partial charge in [-0.05, 0) is 19.9 Å². The molecule has 0 aliphatic rings. The third kappa shape index (κ3) is 3.47. The van der Waals surface area contributed by atoms with E-state index >= 15 is 0 Å².